The van der Waals surface area contributed by atoms with Crippen LogP contribution >= 0.6 is 22.7 Å². The van der Waals surface area contributed by atoms with Gasteiger partial charge in [0.15, 0.2) is 0 Å². The van der Waals surface area contributed by atoms with Crippen molar-refractivity contribution >= 4 is 49.9 Å². The van der Waals surface area contributed by atoms with Crippen LogP contribution in [0.15, 0.2) is 28.7 Å². The van der Waals surface area contributed by atoms with E-state index in [0.717, 1.165) is 11.4 Å². The van der Waals surface area contributed by atoms with Crippen molar-refractivity contribution < 1.29 is 13.9 Å². The van der Waals surface area contributed by atoms with Crippen LogP contribution in [0.5, 0.6) is 5.75 Å². The van der Waals surface area contributed by atoms with E-state index in [1.807, 2.05) is 37.3 Å². The zero-order valence-corrected chi connectivity index (χ0v) is 15.8. The van der Waals surface area contributed by atoms with Crippen LogP contribution in [0.25, 0.3) is 0 Å². The van der Waals surface area contributed by atoms with Crippen LogP contribution in [-0.2, 0) is 4.79 Å². The summed E-state index contributed by atoms with van der Waals surface area (Å²) in [6.45, 7) is 2.51. The quantitative estimate of drug-likeness (QED) is 0.788. The second-order valence-electron chi connectivity index (χ2n) is 5.33. The van der Waals surface area contributed by atoms with Crippen LogP contribution in [0.1, 0.15) is 18.5 Å². The molecule has 1 fully saturated rings. The molecule has 0 bridgehead atoms. The van der Waals surface area contributed by atoms with Gasteiger partial charge in [0.2, 0.25) is 23.4 Å². The zero-order chi connectivity index (χ0) is 18.7. The van der Waals surface area contributed by atoms with Crippen LogP contribution < -0.4 is 10.1 Å². The highest BCUT2D eigenvalue weighted by Gasteiger charge is 2.27. The molecule has 1 amide bonds. The SMILES string of the molecule is CCOc1ccc(Nc2oc(/C=S3\CC(=O)N(C)C3=S)nc2C#N)cc1. The number of anilines is 2. The molecule has 2 aromatic rings. The Morgan fingerprint density at radius 3 is 2.81 bits per heavy atom. The monoisotopic (exact) mass is 388 g/mol. The molecule has 1 aliphatic rings. The summed E-state index contributed by atoms with van der Waals surface area (Å²) in [6.07, 6.45) is 0. The molecule has 9 heteroatoms. The highest BCUT2D eigenvalue weighted by Crippen LogP contribution is 2.28. The predicted molar refractivity (Wildman–Crippen MR) is 105 cm³/mol. The average Bonchev–Trinajstić information content (AvgIpc) is 3.13. The molecule has 0 saturated carbocycles. The lowest BCUT2D eigenvalue weighted by atomic mass is 10.3. The third kappa shape index (κ3) is 3.76. The average molecular weight is 388 g/mol. The van der Waals surface area contributed by atoms with Gasteiger partial charge in [-0.3, -0.25) is 4.79 Å². The van der Waals surface area contributed by atoms with Gasteiger partial charge in [-0.25, -0.2) is 0 Å². The third-order valence-corrected chi connectivity index (χ3v) is 6.25. The molecule has 1 aromatic heterocycles. The van der Waals surface area contributed by atoms with E-state index in [2.05, 4.69) is 10.3 Å². The van der Waals surface area contributed by atoms with Gasteiger partial charge in [-0.2, -0.15) is 10.2 Å². The van der Waals surface area contributed by atoms with Crippen molar-refractivity contribution in [3.8, 4) is 11.8 Å². The van der Waals surface area contributed by atoms with Crippen LogP contribution in [0.4, 0.5) is 11.6 Å². The summed E-state index contributed by atoms with van der Waals surface area (Å²) in [6, 6.07) is 9.28. The van der Waals surface area contributed by atoms with Crippen molar-refractivity contribution in [1.82, 2.24) is 9.88 Å². The summed E-state index contributed by atoms with van der Waals surface area (Å²) in [7, 11) is 1.09. The number of amides is 1. The van der Waals surface area contributed by atoms with Gasteiger partial charge in [0, 0.05) is 18.1 Å². The summed E-state index contributed by atoms with van der Waals surface area (Å²) in [5, 5.41) is 14.0. The van der Waals surface area contributed by atoms with Gasteiger partial charge < -0.3 is 19.4 Å². The number of benzene rings is 1. The topological polar surface area (TPSA) is 91.4 Å². The Morgan fingerprint density at radius 2 is 2.23 bits per heavy atom. The van der Waals surface area contributed by atoms with Crippen molar-refractivity contribution in [2.24, 2.45) is 0 Å². The first-order valence-electron chi connectivity index (χ1n) is 7.77. The maximum absolute atomic E-state index is 11.7. The largest absolute Gasteiger partial charge is 0.494 e. The maximum Gasteiger partial charge on any atom is 0.237 e. The van der Waals surface area contributed by atoms with E-state index < -0.39 is 10.5 Å². The highest BCUT2D eigenvalue weighted by molar-refractivity contribution is 8.35. The van der Waals surface area contributed by atoms with Crippen molar-refractivity contribution in [1.29, 1.82) is 5.26 Å². The number of hydrogen-bond donors (Lipinski definition) is 1. The Labute approximate surface area is 158 Å². The molecule has 1 saturated heterocycles. The van der Waals surface area contributed by atoms with E-state index in [0.29, 0.717) is 16.7 Å². The molecule has 1 aliphatic heterocycles. The first kappa shape index (κ1) is 18.1. The van der Waals surface area contributed by atoms with E-state index in [1.54, 1.807) is 12.4 Å². The highest BCUT2D eigenvalue weighted by atomic mass is 32.2. The molecule has 7 nitrogen and oxygen atoms in total. The minimum absolute atomic E-state index is 0.0330. The van der Waals surface area contributed by atoms with E-state index in [1.165, 1.54) is 4.90 Å². The normalized spacial score (nSPS) is 16.8. The molecule has 1 aromatic carbocycles. The summed E-state index contributed by atoms with van der Waals surface area (Å²) in [5.41, 5.74) is 0.875. The molecular formula is C17H16N4O3S2. The van der Waals surface area contributed by atoms with Crippen molar-refractivity contribution in [2.45, 2.75) is 6.92 Å². The van der Waals surface area contributed by atoms with Crippen LogP contribution in [0, 0.1) is 11.3 Å². The third-order valence-electron chi connectivity index (χ3n) is 3.57. The lowest BCUT2D eigenvalue weighted by Gasteiger charge is -2.06. The number of nitrogens with one attached hydrogen (secondary N) is 1. The number of nitriles is 1. The number of ether oxygens (including phenoxy) is 1. The number of thiocarbonyl (C=S) groups is 1. The number of hydrogen-bond acceptors (Lipinski definition) is 7. The molecule has 1 atom stereocenters. The van der Waals surface area contributed by atoms with Gasteiger partial charge in [-0.15, -0.1) is 10.5 Å². The van der Waals surface area contributed by atoms with Crippen molar-refractivity contribution in [3.63, 3.8) is 0 Å². The second kappa shape index (κ2) is 7.68. The molecule has 1 N–H and O–H groups in total. The van der Waals surface area contributed by atoms with Crippen LogP contribution in [0.3, 0.4) is 0 Å². The zero-order valence-electron chi connectivity index (χ0n) is 14.2. The molecule has 0 radical (unpaired) electrons. The molecular weight excluding hydrogens is 372 g/mol. The van der Waals surface area contributed by atoms with Gasteiger partial charge >= 0.3 is 0 Å². The maximum atomic E-state index is 11.7. The minimum Gasteiger partial charge on any atom is -0.494 e. The summed E-state index contributed by atoms with van der Waals surface area (Å²) in [4.78, 5) is 17.4. The van der Waals surface area contributed by atoms with Crippen LogP contribution in [0.2, 0.25) is 0 Å². The Kier molecular flexibility index (Phi) is 5.35. The number of nitrogens with zero attached hydrogens (tertiary/aromatic N) is 3. The first-order valence-corrected chi connectivity index (χ1v) is 9.64. The molecule has 0 aliphatic carbocycles. The Balaban J connectivity index is 1.82. The number of carbonyl (C=O) groups is 1. The van der Waals surface area contributed by atoms with Gasteiger partial charge in [-0.1, -0.05) is 12.2 Å². The molecule has 0 spiro atoms. The predicted octanol–water partition coefficient (Wildman–Crippen LogP) is 2.86. The lowest BCUT2D eigenvalue weighted by Crippen LogP contribution is -2.22. The summed E-state index contributed by atoms with van der Waals surface area (Å²) < 4.78 is 11.6. The number of oxazole rings is 1. The standard InChI is InChI=1S/C17H16N4O3S2/c1-3-23-12-6-4-11(5-7-12)19-16-13(8-18)20-14(24-16)9-26-10-15(22)21(2)17(26)25/h4-7,9,19H,3,10H2,1-2H3. The Hall–Kier alpha value is -2.70. The summed E-state index contributed by atoms with van der Waals surface area (Å²) in [5.74, 6) is 1.55. The molecule has 3 rings (SSSR count). The first-order chi connectivity index (χ1) is 12.5. The number of carbonyl (C=O) groups excluding carboxylic acids is 1. The Bertz CT molecular complexity index is 928. The van der Waals surface area contributed by atoms with Gasteiger partial charge in [0.1, 0.15) is 16.1 Å². The van der Waals surface area contributed by atoms with Gasteiger partial charge in [-0.05, 0) is 31.2 Å². The van der Waals surface area contributed by atoms with Crippen molar-refractivity contribution in [2.75, 3.05) is 24.7 Å². The van der Waals surface area contributed by atoms with E-state index in [4.69, 9.17) is 21.4 Å². The van der Waals surface area contributed by atoms with Gasteiger partial charge in [0.05, 0.1) is 12.4 Å². The van der Waals surface area contributed by atoms with Gasteiger partial charge in [0.25, 0.3) is 0 Å². The summed E-state index contributed by atoms with van der Waals surface area (Å²) >= 11 is 5.27. The molecule has 26 heavy (non-hydrogen) atoms. The van der Waals surface area contributed by atoms with Crippen LogP contribution in [-0.4, -0.2) is 44.9 Å². The smallest absolute Gasteiger partial charge is 0.237 e. The fourth-order valence-corrected chi connectivity index (χ4v) is 4.25. The fourth-order valence-electron chi connectivity index (χ4n) is 2.26. The van der Waals surface area contributed by atoms with E-state index in [-0.39, 0.29) is 23.4 Å². The molecule has 134 valence electrons. The minimum atomic E-state index is -0.559. The second-order valence-corrected chi connectivity index (χ2v) is 7.75. The van der Waals surface area contributed by atoms with E-state index in [9.17, 15) is 10.1 Å². The number of aromatic nitrogens is 1. The molecule has 2 heterocycles. The molecule has 1 unspecified atom stereocenters. The lowest BCUT2D eigenvalue weighted by molar-refractivity contribution is -0.123. The van der Waals surface area contributed by atoms with E-state index >= 15 is 0 Å². The Morgan fingerprint density at radius 1 is 1.50 bits per heavy atom. The fraction of sp³-hybridized carbons (Fsp3) is 0.235. The van der Waals surface area contributed by atoms with Crippen molar-refractivity contribution in [3.05, 3.63) is 35.9 Å². The number of rotatable bonds is 5.